The Morgan fingerprint density at radius 2 is 1.28 bits per heavy atom. The number of unbranched alkanes of at least 4 members (excludes halogenated alkanes) is 5. The molecule has 0 aromatic heterocycles. The van der Waals surface area contributed by atoms with Gasteiger partial charge in [-0.05, 0) is 34.1 Å². The SMILES string of the molecule is CCCCCCCCP(=O)(OC(C)C)OC(C)C. The molecule has 4 heteroatoms. The Morgan fingerprint density at radius 3 is 1.72 bits per heavy atom. The molecule has 0 unspecified atom stereocenters. The van der Waals surface area contributed by atoms with Gasteiger partial charge in [0, 0.05) is 0 Å². The molecule has 18 heavy (non-hydrogen) atoms. The summed E-state index contributed by atoms with van der Waals surface area (Å²) in [5.41, 5.74) is 0. The predicted octanol–water partition coefficient (Wildman–Crippen LogP) is 5.39. The Bertz CT molecular complexity index is 225. The van der Waals surface area contributed by atoms with Crippen molar-refractivity contribution >= 4 is 7.60 Å². The van der Waals surface area contributed by atoms with Gasteiger partial charge in [-0.25, -0.2) is 0 Å². The molecule has 0 aromatic rings. The first kappa shape index (κ1) is 18.1. The molecule has 0 N–H and O–H groups in total. The van der Waals surface area contributed by atoms with E-state index in [1.807, 2.05) is 27.7 Å². The lowest BCUT2D eigenvalue weighted by Gasteiger charge is -2.22. The van der Waals surface area contributed by atoms with Gasteiger partial charge in [0.25, 0.3) is 0 Å². The fraction of sp³-hybridized carbons (Fsp3) is 1.00. The predicted molar refractivity (Wildman–Crippen MR) is 78.3 cm³/mol. The molecule has 3 nitrogen and oxygen atoms in total. The van der Waals surface area contributed by atoms with Crippen molar-refractivity contribution < 1.29 is 13.6 Å². The Hall–Kier alpha value is 0.150. The molecular weight excluding hydrogens is 247 g/mol. The van der Waals surface area contributed by atoms with Crippen molar-refractivity contribution in [2.24, 2.45) is 0 Å². The molecule has 0 aliphatic heterocycles. The highest BCUT2D eigenvalue weighted by atomic mass is 31.2. The van der Waals surface area contributed by atoms with Crippen molar-refractivity contribution in [3.63, 3.8) is 0 Å². The van der Waals surface area contributed by atoms with E-state index in [0.29, 0.717) is 6.16 Å². The Kier molecular flexibility index (Phi) is 10.1. The zero-order valence-corrected chi connectivity index (χ0v) is 13.7. The standard InChI is InChI=1S/C14H31O3P/c1-6-7-8-9-10-11-12-18(15,16-13(2)3)17-14(4)5/h13-14H,6-12H2,1-5H3. The fourth-order valence-corrected chi connectivity index (χ4v) is 4.01. The van der Waals surface area contributed by atoms with Crippen molar-refractivity contribution in [3.8, 4) is 0 Å². The molecule has 0 fully saturated rings. The first-order valence-corrected chi connectivity index (χ1v) is 9.08. The molecule has 0 aliphatic carbocycles. The van der Waals surface area contributed by atoms with Crippen LogP contribution in [0.25, 0.3) is 0 Å². The average Bonchev–Trinajstić information content (AvgIpc) is 2.20. The summed E-state index contributed by atoms with van der Waals surface area (Å²) in [5.74, 6) is 0. The summed E-state index contributed by atoms with van der Waals surface area (Å²) in [7, 11) is -2.89. The van der Waals surface area contributed by atoms with E-state index in [2.05, 4.69) is 6.92 Å². The number of rotatable bonds is 11. The first-order valence-electron chi connectivity index (χ1n) is 7.35. The molecule has 0 aliphatic rings. The molecule has 0 saturated carbocycles. The van der Waals surface area contributed by atoms with Gasteiger partial charge >= 0.3 is 7.60 Å². The van der Waals surface area contributed by atoms with Crippen molar-refractivity contribution in [2.75, 3.05) is 6.16 Å². The van der Waals surface area contributed by atoms with Crippen LogP contribution in [0, 0.1) is 0 Å². The molecule has 0 rings (SSSR count). The smallest absolute Gasteiger partial charge is 0.306 e. The van der Waals surface area contributed by atoms with Gasteiger partial charge < -0.3 is 9.05 Å². The molecule has 0 atom stereocenters. The van der Waals surface area contributed by atoms with Crippen LogP contribution in [0.1, 0.15) is 73.1 Å². The number of hydrogen-bond acceptors (Lipinski definition) is 3. The van der Waals surface area contributed by atoms with Crippen LogP contribution in [0.5, 0.6) is 0 Å². The van der Waals surface area contributed by atoms with Crippen LogP contribution in [0.3, 0.4) is 0 Å². The largest absolute Gasteiger partial charge is 0.331 e. The minimum absolute atomic E-state index is 0.0466. The van der Waals surface area contributed by atoms with Gasteiger partial charge in [0.2, 0.25) is 0 Å². The van der Waals surface area contributed by atoms with Crippen LogP contribution in [0.2, 0.25) is 0 Å². The molecule has 110 valence electrons. The highest BCUT2D eigenvalue weighted by Gasteiger charge is 2.26. The topological polar surface area (TPSA) is 35.5 Å². The maximum absolute atomic E-state index is 12.5. The van der Waals surface area contributed by atoms with Gasteiger partial charge in [-0.15, -0.1) is 0 Å². The Labute approximate surface area is 113 Å². The second-order valence-corrected chi connectivity index (χ2v) is 7.50. The van der Waals surface area contributed by atoms with Crippen molar-refractivity contribution in [1.29, 1.82) is 0 Å². The van der Waals surface area contributed by atoms with E-state index in [1.165, 1.54) is 25.7 Å². The molecule has 0 amide bonds. The Morgan fingerprint density at radius 1 is 0.833 bits per heavy atom. The highest BCUT2D eigenvalue weighted by molar-refractivity contribution is 7.53. The minimum atomic E-state index is -2.89. The normalized spacial score (nSPS) is 12.6. The number of hydrogen-bond donors (Lipinski definition) is 0. The third kappa shape index (κ3) is 10.1. The molecule has 0 saturated heterocycles. The van der Waals surface area contributed by atoms with Gasteiger partial charge in [-0.2, -0.15) is 0 Å². The zero-order valence-electron chi connectivity index (χ0n) is 12.8. The van der Waals surface area contributed by atoms with Crippen molar-refractivity contribution in [3.05, 3.63) is 0 Å². The lowest BCUT2D eigenvalue weighted by atomic mass is 10.1. The van der Waals surface area contributed by atoms with E-state index in [4.69, 9.17) is 9.05 Å². The van der Waals surface area contributed by atoms with Crippen LogP contribution < -0.4 is 0 Å². The first-order chi connectivity index (χ1) is 8.39. The van der Waals surface area contributed by atoms with E-state index >= 15 is 0 Å². The average molecular weight is 278 g/mol. The Balaban J connectivity index is 3.97. The monoisotopic (exact) mass is 278 g/mol. The van der Waals surface area contributed by atoms with E-state index in [9.17, 15) is 4.57 Å². The van der Waals surface area contributed by atoms with Crippen molar-refractivity contribution in [1.82, 2.24) is 0 Å². The zero-order chi connectivity index (χ0) is 14.0. The summed E-state index contributed by atoms with van der Waals surface area (Å²) >= 11 is 0. The van der Waals surface area contributed by atoms with Gasteiger partial charge in [0.15, 0.2) is 0 Å². The summed E-state index contributed by atoms with van der Waals surface area (Å²) in [4.78, 5) is 0. The van der Waals surface area contributed by atoms with Gasteiger partial charge in [0.05, 0.1) is 18.4 Å². The summed E-state index contributed by atoms with van der Waals surface area (Å²) in [5, 5.41) is 0. The van der Waals surface area contributed by atoms with E-state index in [0.717, 1.165) is 12.8 Å². The second-order valence-electron chi connectivity index (χ2n) is 5.41. The maximum atomic E-state index is 12.5. The van der Waals surface area contributed by atoms with Crippen molar-refractivity contribution in [2.45, 2.75) is 85.4 Å². The molecule has 0 aromatic carbocycles. The fourth-order valence-electron chi connectivity index (χ4n) is 1.86. The van der Waals surface area contributed by atoms with Crippen LogP contribution in [-0.4, -0.2) is 18.4 Å². The maximum Gasteiger partial charge on any atom is 0.331 e. The van der Waals surface area contributed by atoms with Crippen LogP contribution in [-0.2, 0) is 13.6 Å². The lowest BCUT2D eigenvalue weighted by molar-refractivity contribution is 0.142. The molecule has 0 bridgehead atoms. The summed E-state index contributed by atoms with van der Waals surface area (Å²) < 4.78 is 23.5. The van der Waals surface area contributed by atoms with Crippen LogP contribution >= 0.6 is 7.60 Å². The molecule has 0 radical (unpaired) electrons. The molecular formula is C14H31O3P. The second kappa shape index (κ2) is 10.00. The van der Waals surface area contributed by atoms with E-state index < -0.39 is 7.60 Å². The van der Waals surface area contributed by atoms with Gasteiger partial charge in [-0.1, -0.05) is 39.0 Å². The minimum Gasteiger partial charge on any atom is -0.306 e. The summed E-state index contributed by atoms with van der Waals surface area (Å²) in [6.07, 6.45) is 7.55. The third-order valence-corrected chi connectivity index (χ3v) is 4.88. The quantitative estimate of drug-likeness (QED) is 0.375. The summed E-state index contributed by atoms with van der Waals surface area (Å²) in [6.45, 7) is 9.81. The highest BCUT2D eigenvalue weighted by Crippen LogP contribution is 2.51. The van der Waals surface area contributed by atoms with Gasteiger partial charge in [0.1, 0.15) is 0 Å². The summed E-state index contributed by atoms with van der Waals surface area (Å²) in [6, 6.07) is 0. The lowest BCUT2D eigenvalue weighted by Crippen LogP contribution is -2.10. The molecule has 0 heterocycles. The molecule has 0 spiro atoms. The van der Waals surface area contributed by atoms with Crippen LogP contribution in [0.15, 0.2) is 0 Å². The van der Waals surface area contributed by atoms with E-state index in [1.54, 1.807) is 0 Å². The van der Waals surface area contributed by atoms with E-state index in [-0.39, 0.29) is 12.2 Å². The van der Waals surface area contributed by atoms with Crippen LogP contribution in [0.4, 0.5) is 0 Å². The third-order valence-electron chi connectivity index (χ3n) is 2.53. The van der Waals surface area contributed by atoms with Gasteiger partial charge in [-0.3, -0.25) is 4.57 Å².